The van der Waals surface area contributed by atoms with E-state index in [4.69, 9.17) is 31.9 Å². The average molecular weight is 437 g/mol. The molecule has 0 atom stereocenters. The summed E-state index contributed by atoms with van der Waals surface area (Å²) in [5, 5.41) is 16.4. The summed E-state index contributed by atoms with van der Waals surface area (Å²) in [5.41, 5.74) is 4.73. The lowest BCUT2D eigenvalue weighted by atomic mass is 9.98. The van der Waals surface area contributed by atoms with Crippen LogP contribution in [0.25, 0.3) is 11.1 Å². The van der Waals surface area contributed by atoms with Crippen molar-refractivity contribution in [3.8, 4) is 16.9 Å². The van der Waals surface area contributed by atoms with Crippen LogP contribution in [0.5, 0.6) is 5.75 Å². The number of ether oxygens (including phenoxy) is 2. The van der Waals surface area contributed by atoms with E-state index in [1.807, 2.05) is 56.3 Å². The maximum atomic E-state index is 8.35. The normalized spacial score (nSPS) is 11.0. The Morgan fingerprint density at radius 3 is 2.39 bits per heavy atom. The third-order valence-corrected chi connectivity index (χ3v) is 5.02. The van der Waals surface area contributed by atoms with E-state index >= 15 is 0 Å². The summed E-state index contributed by atoms with van der Waals surface area (Å²) in [6.45, 7) is 11.5. The predicted molar refractivity (Wildman–Crippen MR) is 131 cm³/mol. The summed E-state index contributed by atoms with van der Waals surface area (Å²) in [7, 11) is 0. The molecule has 31 heavy (non-hydrogen) atoms. The fourth-order valence-electron chi connectivity index (χ4n) is 2.77. The quantitative estimate of drug-likeness (QED) is 0.157. The molecule has 0 aliphatic carbocycles. The third kappa shape index (κ3) is 7.91. The van der Waals surface area contributed by atoms with Gasteiger partial charge in [-0.3, -0.25) is 0 Å². The SMILES string of the molecule is C=CC(=C)O/C=C(\C)C(=N)Cc1cc(-c2ccc(OCCCC(C)=N)cc2)ccc1Cl. The Balaban J connectivity index is 2.06. The van der Waals surface area contributed by atoms with Gasteiger partial charge in [0.25, 0.3) is 0 Å². The van der Waals surface area contributed by atoms with Gasteiger partial charge in [-0.25, -0.2) is 0 Å². The van der Waals surface area contributed by atoms with Crippen molar-refractivity contribution in [2.24, 2.45) is 0 Å². The predicted octanol–water partition coefficient (Wildman–Crippen LogP) is 7.39. The smallest absolute Gasteiger partial charge is 0.119 e. The van der Waals surface area contributed by atoms with Gasteiger partial charge in [-0.2, -0.15) is 0 Å². The van der Waals surface area contributed by atoms with Crippen molar-refractivity contribution >= 4 is 23.0 Å². The average Bonchev–Trinajstić information content (AvgIpc) is 2.76. The molecule has 0 radical (unpaired) electrons. The molecule has 162 valence electrons. The van der Waals surface area contributed by atoms with Gasteiger partial charge in [0.1, 0.15) is 11.5 Å². The third-order valence-electron chi connectivity index (χ3n) is 4.66. The van der Waals surface area contributed by atoms with E-state index in [2.05, 4.69) is 13.2 Å². The Labute approximate surface area is 189 Å². The largest absolute Gasteiger partial charge is 0.494 e. The summed E-state index contributed by atoms with van der Waals surface area (Å²) in [6.07, 6.45) is 5.01. The molecular weight excluding hydrogens is 408 g/mol. The molecule has 0 aliphatic rings. The second-order valence-corrected chi connectivity index (χ2v) is 7.71. The second kappa shape index (κ2) is 11.9. The van der Waals surface area contributed by atoms with Gasteiger partial charge in [0.15, 0.2) is 0 Å². The first-order valence-electron chi connectivity index (χ1n) is 10.1. The van der Waals surface area contributed by atoms with E-state index in [1.54, 1.807) is 0 Å². The van der Waals surface area contributed by atoms with Gasteiger partial charge in [-0.15, -0.1) is 0 Å². The lowest BCUT2D eigenvalue weighted by molar-refractivity contribution is 0.313. The van der Waals surface area contributed by atoms with Crippen LogP contribution in [0.1, 0.15) is 32.3 Å². The van der Waals surface area contributed by atoms with E-state index in [0.717, 1.165) is 35.3 Å². The minimum absolute atomic E-state index is 0.395. The molecule has 2 aromatic carbocycles. The van der Waals surface area contributed by atoms with Gasteiger partial charge < -0.3 is 20.3 Å². The Morgan fingerprint density at radius 2 is 1.74 bits per heavy atom. The second-order valence-electron chi connectivity index (χ2n) is 7.31. The lowest BCUT2D eigenvalue weighted by Crippen LogP contribution is -2.04. The minimum Gasteiger partial charge on any atom is -0.494 e. The van der Waals surface area contributed by atoms with Gasteiger partial charge in [0.05, 0.1) is 12.9 Å². The molecule has 2 N–H and O–H groups in total. The van der Waals surface area contributed by atoms with Gasteiger partial charge in [-0.1, -0.05) is 43.0 Å². The first kappa shape index (κ1) is 24.2. The molecule has 0 bridgehead atoms. The number of benzene rings is 2. The Hall–Kier alpha value is -3.11. The fraction of sp³-hybridized carbons (Fsp3) is 0.231. The highest BCUT2D eigenvalue weighted by atomic mass is 35.5. The first-order chi connectivity index (χ1) is 14.8. The zero-order valence-electron chi connectivity index (χ0n) is 18.1. The van der Waals surface area contributed by atoms with Gasteiger partial charge in [0.2, 0.25) is 0 Å². The standard InChI is InChI=1S/C26H29ClN2O2/c1-5-20(4)31-17-18(2)26(29)16-23-15-22(10-13-25(23)27)21-8-11-24(12-9-21)30-14-6-7-19(3)28/h5,8-13,15,17,28-29H,1,4,6-7,14,16H2,2-3H3/b18-17+,28-19?,29-26?. The molecule has 0 saturated carbocycles. The lowest BCUT2D eigenvalue weighted by Gasteiger charge is -2.11. The van der Waals surface area contributed by atoms with Crippen LogP contribution in [0.15, 0.2) is 79.3 Å². The molecular formula is C26H29ClN2O2. The highest BCUT2D eigenvalue weighted by Gasteiger charge is 2.09. The molecule has 2 rings (SSSR count). The van der Waals surface area contributed by atoms with Gasteiger partial charge >= 0.3 is 0 Å². The van der Waals surface area contributed by atoms with E-state index < -0.39 is 0 Å². The monoisotopic (exact) mass is 436 g/mol. The van der Waals surface area contributed by atoms with Crippen LogP contribution in [-0.2, 0) is 11.2 Å². The van der Waals surface area contributed by atoms with Crippen LogP contribution in [-0.4, -0.2) is 18.0 Å². The van der Waals surface area contributed by atoms with Crippen LogP contribution >= 0.6 is 11.6 Å². The maximum Gasteiger partial charge on any atom is 0.119 e. The summed E-state index contributed by atoms with van der Waals surface area (Å²) >= 11 is 6.39. The molecule has 4 nitrogen and oxygen atoms in total. The topological polar surface area (TPSA) is 66.2 Å². The highest BCUT2D eigenvalue weighted by Crippen LogP contribution is 2.28. The molecule has 0 heterocycles. The number of halogens is 1. The number of allylic oxidation sites excluding steroid dienone is 2. The fourth-order valence-corrected chi connectivity index (χ4v) is 2.96. The number of rotatable bonds is 12. The minimum atomic E-state index is 0.395. The molecule has 0 unspecified atom stereocenters. The van der Waals surface area contributed by atoms with Crippen LogP contribution in [0.3, 0.4) is 0 Å². The molecule has 0 aromatic heterocycles. The zero-order valence-corrected chi connectivity index (χ0v) is 18.9. The van der Waals surface area contributed by atoms with Crippen LogP contribution in [0.2, 0.25) is 5.02 Å². The Morgan fingerprint density at radius 1 is 1.06 bits per heavy atom. The van der Waals surface area contributed by atoms with Crippen LogP contribution < -0.4 is 4.74 Å². The van der Waals surface area contributed by atoms with Crippen molar-refractivity contribution in [2.45, 2.75) is 33.1 Å². The van der Waals surface area contributed by atoms with E-state index in [-0.39, 0.29) is 0 Å². The molecule has 0 saturated heterocycles. The van der Waals surface area contributed by atoms with Crippen molar-refractivity contribution in [3.63, 3.8) is 0 Å². The molecule has 0 aliphatic heterocycles. The van der Waals surface area contributed by atoms with Gasteiger partial charge in [0, 0.05) is 28.4 Å². The van der Waals surface area contributed by atoms with E-state index in [0.29, 0.717) is 40.8 Å². The van der Waals surface area contributed by atoms with Crippen molar-refractivity contribution in [1.82, 2.24) is 0 Å². The molecule has 0 fully saturated rings. The highest BCUT2D eigenvalue weighted by molar-refractivity contribution is 6.31. The Bertz CT molecular complexity index is 991. The van der Waals surface area contributed by atoms with Crippen molar-refractivity contribution in [2.75, 3.05) is 6.61 Å². The summed E-state index contributed by atoms with van der Waals surface area (Å²) in [6, 6.07) is 13.7. The van der Waals surface area contributed by atoms with Crippen molar-refractivity contribution in [1.29, 1.82) is 10.8 Å². The number of hydrogen-bond acceptors (Lipinski definition) is 4. The van der Waals surface area contributed by atoms with Crippen molar-refractivity contribution in [3.05, 3.63) is 89.9 Å². The molecule has 0 spiro atoms. The van der Waals surface area contributed by atoms with Crippen LogP contribution in [0, 0.1) is 10.8 Å². The molecule has 0 amide bonds. The zero-order chi connectivity index (χ0) is 22.8. The van der Waals surface area contributed by atoms with E-state index in [9.17, 15) is 0 Å². The number of hydrogen-bond donors (Lipinski definition) is 2. The molecule has 2 aromatic rings. The van der Waals surface area contributed by atoms with E-state index in [1.165, 1.54) is 12.3 Å². The summed E-state index contributed by atoms with van der Waals surface area (Å²) < 4.78 is 11.1. The first-order valence-corrected chi connectivity index (χ1v) is 10.5. The summed E-state index contributed by atoms with van der Waals surface area (Å²) in [4.78, 5) is 0. The Kier molecular flexibility index (Phi) is 9.29. The van der Waals surface area contributed by atoms with Crippen molar-refractivity contribution < 1.29 is 9.47 Å². The number of nitrogens with one attached hydrogen (secondary N) is 2. The van der Waals surface area contributed by atoms with Crippen LogP contribution in [0.4, 0.5) is 0 Å². The summed E-state index contributed by atoms with van der Waals surface area (Å²) in [5.74, 6) is 1.24. The maximum absolute atomic E-state index is 8.35. The van der Waals surface area contributed by atoms with Gasteiger partial charge in [-0.05, 0) is 73.7 Å². The molecule has 5 heteroatoms.